The van der Waals surface area contributed by atoms with Crippen LogP contribution in [0.3, 0.4) is 0 Å². The van der Waals surface area contributed by atoms with E-state index in [-0.39, 0.29) is 30.9 Å². The van der Waals surface area contributed by atoms with Gasteiger partial charge in [-0.15, -0.1) is 0 Å². The Morgan fingerprint density at radius 2 is 1.94 bits per heavy atom. The standard InChI is InChI=1S/C23H32N8O5/c1-29(9-19(35)14-5-3-2-4-6-14)21-20-22(27-12-26-21)30(13-28-20)23-18(34)7-15(36-23)8-31(25)17(11-33)16(24)10-32/h2-6,12-13,15,18-19,23,32-35H,7-11,24-25H2,1H3/b17-16-/t15-,18?,19?,23+/m0/s1. The second-order valence-corrected chi connectivity index (χ2v) is 8.72. The van der Waals surface area contributed by atoms with Crippen LogP contribution >= 0.6 is 0 Å². The van der Waals surface area contributed by atoms with Crippen molar-refractivity contribution in [2.24, 2.45) is 11.6 Å². The van der Waals surface area contributed by atoms with Crippen molar-refractivity contribution >= 4 is 17.0 Å². The molecule has 0 aliphatic carbocycles. The number of rotatable bonds is 10. The molecular formula is C23H32N8O5. The molecule has 4 rings (SSSR count). The number of benzene rings is 1. The Balaban J connectivity index is 1.50. The van der Waals surface area contributed by atoms with Crippen molar-refractivity contribution in [3.63, 3.8) is 0 Å². The molecule has 194 valence electrons. The van der Waals surface area contributed by atoms with Crippen LogP contribution in [-0.2, 0) is 4.74 Å². The van der Waals surface area contributed by atoms with Crippen LogP contribution < -0.4 is 16.5 Å². The predicted molar refractivity (Wildman–Crippen MR) is 131 cm³/mol. The number of hydrogen-bond acceptors (Lipinski definition) is 12. The third-order valence-corrected chi connectivity index (χ3v) is 6.21. The minimum absolute atomic E-state index is 0.0569. The lowest BCUT2D eigenvalue weighted by Gasteiger charge is -2.25. The Morgan fingerprint density at radius 1 is 1.19 bits per heavy atom. The molecule has 8 N–H and O–H groups in total. The summed E-state index contributed by atoms with van der Waals surface area (Å²) in [4.78, 5) is 15.0. The van der Waals surface area contributed by atoms with Crippen molar-refractivity contribution in [3.05, 3.63) is 59.9 Å². The molecule has 2 aromatic heterocycles. The van der Waals surface area contributed by atoms with Crippen molar-refractivity contribution in [1.29, 1.82) is 0 Å². The third-order valence-electron chi connectivity index (χ3n) is 6.21. The van der Waals surface area contributed by atoms with Crippen molar-refractivity contribution in [3.8, 4) is 0 Å². The fourth-order valence-corrected chi connectivity index (χ4v) is 4.33. The molecule has 3 heterocycles. The topological polar surface area (TPSA) is 192 Å². The van der Waals surface area contributed by atoms with E-state index >= 15 is 0 Å². The molecule has 13 heteroatoms. The number of hydrazine groups is 1. The lowest BCUT2D eigenvalue weighted by molar-refractivity contribution is -0.0416. The summed E-state index contributed by atoms with van der Waals surface area (Å²) < 4.78 is 7.69. The number of aliphatic hydroxyl groups excluding tert-OH is 4. The molecule has 2 unspecified atom stereocenters. The number of fused-ring (bicyclic) bond motifs is 1. The van der Waals surface area contributed by atoms with Gasteiger partial charge in [0.25, 0.3) is 0 Å². The molecule has 1 aliphatic heterocycles. The summed E-state index contributed by atoms with van der Waals surface area (Å²) in [6, 6.07) is 9.35. The molecule has 0 spiro atoms. The zero-order chi connectivity index (χ0) is 25.8. The molecule has 13 nitrogen and oxygen atoms in total. The van der Waals surface area contributed by atoms with Gasteiger partial charge in [0.05, 0.1) is 49.7 Å². The van der Waals surface area contributed by atoms with Gasteiger partial charge in [0.2, 0.25) is 0 Å². The van der Waals surface area contributed by atoms with Crippen LogP contribution in [0.4, 0.5) is 5.82 Å². The molecule has 0 bridgehead atoms. The van der Waals surface area contributed by atoms with Gasteiger partial charge in [-0.1, -0.05) is 30.3 Å². The largest absolute Gasteiger partial charge is 0.399 e. The summed E-state index contributed by atoms with van der Waals surface area (Å²) in [5, 5.41) is 41.3. The maximum absolute atomic E-state index is 10.7. The minimum Gasteiger partial charge on any atom is -0.399 e. The highest BCUT2D eigenvalue weighted by atomic mass is 16.5. The molecule has 36 heavy (non-hydrogen) atoms. The van der Waals surface area contributed by atoms with Crippen LogP contribution in [0, 0.1) is 0 Å². The van der Waals surface area contributed by atoms with Crippen LogP contribution in [0.25, 0.3) is 11.2 Å². The van der Waals surface area contributed by atoms with Gasteiger partial charge in [0.1, 0.15) is 12.4 Å². The first-order chi connectivity index (χ1) is 17.3. The molecule has 1 aromatic carbocycles. The fraction of sp³-hybridized carbons (Fsp3) is 0.435. The zero-order valence-corrected chi connectivity index (χ0v) is 19.9. The van der Waals surface area contributed by atoms with Gasteiger partial charge >= 0.3 is 0 Å². The van der Waals surface area contributed by atoms with Crippen LogP contribution in [0.1, 0.15) is 24.3 Å². The normalized spacial score (nSPS) is 21.4. The molecule has 3 aromatic rings. The average Bonchev–Trinajstić information content (AvgIpc) is 3.47. The number of nitrogens with two attached hydrogens (primary N) is 2. The number of ether oxygens (including phenoxy) is 1. The van der Waals surface area contributed by atoms with Gasteiger partial charge in [-0.2, -0.15) is 0 Å². The number of nitrogens with zero attached hydrogens (tertiary/aromatic N) is 6. The average molecular weight is 501 g/mol. The van der Waals surface area contributed by atoms with E-state index < -0.39 is 37.8 Å². The Kier molecular flexibility index (Phi) is 7.98. The number of anilines is 1. The monoisotopic (exact) mass is 500 g/mol. The number of imidazole rings is 1. The molecule has 1 saturated heterocycles. The van der Waals surface area contributed by atoms with E-state index in [1.807, 2.05) is 37.4 Å². The SMILES string of the molecule is CN(CC(O)c1ccccc1)c1ncnc2c1ncn2[C@@H]1O[C@H](CN(N)/C(CO)=C(\N)CO)CC1O. The summed E-state index contributed by atoms with van der Waals surface area (Å²) >= 11 is 0. The fourth-order valence-electron chi connectivity index (χ4n) is 4.33. The third kappa shape index (κ3) is 5.26. The molecular weight excluding hydrogens is 468 g/mol. The smallest absolute Gasteiger partial charge is 0.167 e. The maximum Gasteiger partial charge on any atom is 0.167 e. The Bertz CT molecular complexity index is 1190. The number of hydrogen-bond donors (Lipinski definition) is 6. The maximum atomic E-state index is 10.7. The first kappa shape index (κ1) is 25.8. The minimum atomic E-state index is -0.867. The highest BCUT2D eigenvalue weighted by molar-refractivity contribution is 5.83. The quantitative estimate of drug-likeness (QED) is 0.147. The van der Waals surface area contributed by atoms with E-state index in [0.29, 0.717) is 17.0 Å². The molecule has 0 radical (unpaired) electrons. The van der Waals surface area contributed by atoms with Gasteiger partial charge in [0, 0.05) is 20.0 Å². The van der Waals surface area contributed by atoms with Gasteiger partial charge in [0.15, 0.2) is 23.2 Å². The first-order valence-corrected chi connectivity index (χ1v) is 11.5. The highest BCUT2D eigenvalue weighted by Crippen LogP contribution is 2.33. The number of aromatic nitrogens is 4. The van der Waals surface area contributed by atoms with E-state index in [1.54, 1.807) is 9.47 Å². The summed E-state index contributed by atoms with van der Waals surface area (Å²) in [5.74, 6) is 6.55. The molecule has 1 aliphatic rings. The highest BCUT2D eigenvalue weighted by Gasteiger charge is 2.37. The lowest BCUT2D eigenvalue weighted by atomic mass is 10.1. The number of likely N-dealkylation sites (N-methyl/N-ethyl adjacent to an activating group) is 1. The van der Waals surface area contributed by atoms with Gasteiger partial charge < -0.3 is 40.8 Å². The van der Waals surface area contributed by atoms with E-state index in [1.165, 1.54) is 17.7 Å². The Morgan fingerprint density at radius 3 is 2.64 bits per heavy atom. The summed E-state index contributed by atoms with van der Waals surface area (Å²) in [7, 11) is 1.81. The van der Waals surface area contributed by atoms with Gasteiger partial charge in [-0.25, -0.2) is 20.8 Å². The van der Waals surface area contributed by atoms with E-state index in [9.17, 15) is 20.4 Å². The molecule has 1 fully saturated rings. The van der Waals surface area contributed by atoms with Crippen molar-refractivity contribution in [1.82, 2.24) is 24.5 Å². The number of aliphatic hydroxyl groups is 4. The van der Waals surface area contributed by atoms with Crippen molar-refractivity contribution < 1.29 is 25.2 Å². The Hall–Kier alpha value is -3.33. The van der Waals surface area contributed by atoms with Gasteiger partial charge in [-0.3, -0.25) is 4.57 Å². The second kappa shape index (κ2) is 11.2. The van der Waals surface area contributed by atoms with Crippen LogP contribution in [-0.4, -0.2) is 90.5 Å². The summed E-state index contributed by atoms with van der Waals surface area (Å²) in [6.45, 7) is -0.463. The molecule has 0 amide bonds. The van der Waals surface area contributed by atoms with E-state index in [2.05, 4.69) is 15.0 Å². The van der Waals surface area contributed by atoms with E-state index in [0.717, 1.165) is 5.56 Å². The lowest BCUT2D eigenvalue weighted by Crippen LogP contribution is -2.40. The van der Waals surface area contributed by atoms with Crippen LogP contribution in [0.5, 0.6) is 0 Å². The van der Waals surface area contributed by atoms with Crippen molar-refractivity contribution in [2.45, 2.75) is 31.0 Å². The Labute approximate surface area is 207 Å². The molecule has 4 atom stereocenters. The second-order valence-electron chi connectivity index (χ2n) is 8.72. The first-order valence-electron chi connectivity index (χ1n) is 11.5. The van der Waals surface area contributed by atoms with E-state index in [4.69, 9.17) is 16.3 Å². The molecule has 0 saturated carbocycles. The van der Waals surface area contributed by atoms with Crippen molar-refractivity contribution in [2.75, 3.05) is 38.3 Å². The summed E-state index contributed by atoms with van der Waals surface area (Å²) in [5.41, 5.74) is 7.72. The predicted octanol–water partition coefficient (Wildman–Crippen LogP) is -1.02. The van der Waals surface area contributed by atoms with Crippen LogP contribution in [0.2, 0.25) is 0 Å². The van der Waals surface area contributed by atoms with Crippen LogP contribution in [0.15, 0.2) is 54.4 Å². The zero-order valence-electron chi connectivity index (χ0n) is 19.9. The summed E-state index contributed by atoms with van der Waals surface area (Å²) in [6.07, 6.45) is 0.367. The van der Waals surface area contributed by atoms with Gasteiger partial charge in [-0.05, 0) is 5.56 Å².